The van der Waals surface area contributed by atoms with Gasteiger partial charge in [-0.1, -0.05) is 18.6 Å². The number of hydrogen-bond donors (Lipinski definition) is 2. The van der Waals surface area contributed by atoms with Crippen molar-refractivity contribution in [2.24, 2.45) is 11.8 Å². The average Bonchev–Trinajstić information content (AvgIpc) is 2.93. The number of fused-ring (bicyclic) bond motifs is 3. The number of allylic oxidation sites excluding steroid dienone is 2. The van der Waals surface area contributed by atoms with E-state index in [9.17, 15) is 0 Å². The summed E-state index contributed by atoms with van der Waals surface area (Å²) in [5.41, 5.74) is 5.80. The topological polar surface area (TPSA) is 41.6 Å². The summed E-state index contributed by atoms with van der Waals surface area (Å²) < 4.78 is 5.43. The largest absolute Gasteiger partial charge is 0.497 e. The van der Waals surface area contributed by atoms with Crippen LogP contribution in [0.1, 0.15) is 44.0 Å². The minimum atomic E-state index is 0.566. The maximum atomic E-state index is 5.43. The van der Waals surface area contributed by atoms with E-state index in [1.807, 2.05) is 0 Å². The molecule has 0 saturated carbocycles. The molecule has 1 aliphatic carbocycles. The summed E-state index contributed by atoms with van der Waals surface area (Å²) in [6, 6.07) is 6.98. The molecular formula is C20H27N2O+. The van der Waals surface area contributed by atoms with E-state index >= 15 is 0 Å². The third-order valence-corrected chi connectivity index (χ3v) is 5.87. The molecule has 2 aromatic rings. The lowest BCUT2D eigenvalue weighted by Crippen LogP contribution is -2.88. The van der Waals surface area contributed by atoms with E-state index < -0.39 is 0 Å². The van der Waals surface area contributed by atoms with Gasteiger partial charge in [-0.3, -0.25) is 0 Å². The van der Waals surface area contributed by atoms with Crippen molar-refractivity contribution in [1.82, 2.24) is 4.98 Å². The van der Waals surface area contributed by atoms with Gasteiger partial charge in [0.2, 0.25) is 0 Å². The standard InChI is InChI=1S/C20H26N2O/c1-12-4-6-15(13(2)10-12)19-20-16(8-9-21-19)17-11-14(23-3)5-7-18(17)22-20/h4-5,7,11,13,15,19,21-22H,6,8-10H2,1-3H3/p+1/t13-,15+,19+/m0/s1. The number of aromatic nitrogens is 1. The molecule has 0 amide bonds. The quantitative estimate of drug-likeness (QED) is 0.821. The van der Waals surface area contributed by atoms with Crippen LogP contribution in [0.25, 0.3) is 10.9 Å². The highest BCUT2D eigenvalue weighted by Crippen LogP contribution is 2.39. The maximum absolute atomic E-state index is 5.43. The summed E-state index contributed by atoms with van der Waals surface area (Å²) in [6.45, 7) is 5.89. The summed E-state index contributed by atoms with van der Waals surface area (Å²) in [5, 5.41) is 3.91. The minimum Gasteiger partial charge on any atom is -0.497 e. The number of hydrogen-bond acceptors (Lipinski definition) is 1. The fourth-order valence-electron chi connectivity index (χ4n) is 4.66. The van der Waals surface area contributed by atoms with Crippen molar-refractivity contribution in [1.29, 1.82) is 0 Å². The Bertz CT molecular complexity index is 758. The number of rotatable bonds is 2. The van der Waals surface area contributed by atoms with Crippen molar-refractivity contribution < 1.29 is 10.1 Å². The van der Waals surface area contributed by atoms with Crippen LogP contribution < -0.4 is 10.1 Å². The predicted octanol–water partition coefficient (Wildman–Crippen LogP) is 3.33. The fraction of sp³-hybridized carbons (Fsp3) is 0.500. The van der Waals surface area contributed by atoms with Crippen molar-refractivity contribution >= 4 is 10.9 Å². The van der Waals surface area contributed by atoms with Crippen LogP contribution in [0.5, 0.6) is 5.75 Å². The molecule has 3 nitrogen and oxygen atoms in total. The molecule has 0 saturated heterocycles. The Kier molecular flexibility index (Phi) is 3.68. The first-order chi connectivity index (χ1) is 11.2. The second-order valence-electron chi connectivity index (χ2n) is 7.36. The van der Waals surface area contributed by atoms with E-state index in [1.54, 1.807) is 12.7 Å². The van der Waals surface area contributed by atoms with E-state index in [0.717, 1.165) is 24.0 Å². The maximum Gasteiger partial charge on any atom is 0.130 e. The Morgan fingerprint density at radius 1 is 1.30 bits per heavy atom. The van der Waals surface area contributed by atoms with Crippen molar-refractivity contribution in [2.45, 2.75) is 39.2 Å². The van der Waals surface area contributed by atoms with E-state index in [1.165, 1.54) is 41.5 Å². The number of quaternary nitrogens is 1. The molecule has 0 radical (unpaired) electrons. The first kappa shape index (κ1) is 14.8. The van der Waals surface area contributed by atoms with Gasteiger partial charge in [0.25, 0.3) is 0 Å². The van der Waals surface area contributed by atoms with Gasteiger partial charge in [0, 0.05) is 23.2 Å². The molecule has 1 aromatic heterocycles. The lowest BCUT2D eigenvalue weighted by molar-refractivity contribution is -0.707. The van der Waals surface area contributed by atoms with E-state index in [0.29, 0.717) is 6.04 Å². The lowest BCUT2D eigenvalue weighted by atomic mass is 9.74. The van der Waals surface area contributed by atoms with Gasteiger partial charge in [-0.15, -0.1) is 0 Å². The molecular weight excluding hydrogens is 284 g/mol. The van der Waals surface area contributed by atoms with E-state index in [4.69, 9.17) is 4.74 Å². The van der Waals surface area contributed by atoms with Crippen LogP contribution in [0, 0.1) is 11.8 Å². The molecule has 4 rings (SSSR count). The molecule has 0 spiro atoms. The van der Waals surface area contributed by atoms with E-state index in [2.05, 4.69) is 48.4 Å². The van der Waals surface area contributed by atoms with Crippen molar-refractivity contribution in [3.05, 3.63) is 41.1 Å². The van der Waals surface area contributed by atoms with Crippen LogP contribution in [-0.2, 0) is 6.42 Å². The predicted molar refractivity (Wildman–Crippen MR) is 93.7 cm³/mol. The van der Waals surface area contributed by atoms with Gasteiger partial charge in [-0.05, 0) is 49.4 Å². The Morgan fingerprint density at radius 2 is 2.17 bits per heavy atom. The van der Waals surface area contributed by atoms with Gasteiger partial charge in [-0.2, -0.15) is 0 Å². The molecule has 0 fully saturated rings. The Labute approximate surface area is 138 Å². The normalized spacial score (nSPS) is 27.6. The number of methoxy groups -OCH3 is 1. The number of H-pyrrole nitrogens is 1. The van der Waals surface area contributed by atoms with Gasteiger partial charge in [0.15, 0.2) is 0 Å². The van der Waals surface area contributed by atoms with Gasteiger partial charge < -0.3 is 15.0 Å². The minimum absolute atomic E-state index is 0.566. The number of nitrogens with two attached hydrogens (primary N) is 1. The van der Waals surface area contributed by atoms with Crippen LogP contribution in [0.4, 0.5) is 0 Å². The molecule has 3 heteroatoms. The van der Waals surface area contributed by atoms with Crippen LogP contribution in [0.3, 0.4) is 0 Å². The highest BCUT2D eigenvalue weighted by molar-refractivity contribution is 5.86. The third kappa shape index (κ3) is 2.47. The summed E-state index contributed by atoms with van der Waals surface area (Å²) in [6.07, 6.45) is 6.07. The average molecular weight is 311 g/mol. The second kappa shape index (κ2) is 5.72. The van der Waals surface area contributed by atoms with Gasteiger partial charge >= 0.3 is 0 Å². The Hall–Kier alpha value is -1.74. The Morgan fingerprint density at radius 3 is 2.96 bits per heavy atom. The van der Waals surface area contributed by atoms with Crippen LogP contribution in [0.15, 0.2) is 29.8 Å². The molecule has 0 unspecified atom stereocenters. The molecule has 1 aromatic carbocycles. The molecule has 2 heterocycles. The number of aromatic amines is 1. The fourth-order valence-corrected chi connectivity index (χ4v) is 4.66. The Balaban J connectivity index is 1.76. The number of benzene rings is 1. The van der Waals surface area contributed by atoms with Crippen molar-refractivity contribution in [2.75, 3.05) is 13.7 Å². The molecule has 122 valence electrons. The zero-order valence-electron chi connectivity index (χ0n) is 14.4. The van der Waals surface area contributed by atoms with Gasteiger partial charge in [0.05, 0.1) is 19.3 Å². The zero-order valence-corrected chi connectivity index (χ0v) is 14.4. The van der Waals surface area contributed by atoms with Gasteiger partial charge in [0.1, 0.15) is 11.8 Å². The van der Waals surface area contributed by atoms with Crippen molar-refractivity contribution in [3.63, 3.8) is 0 Å². The second-order valence-corrected chi connectivity index (χ2v) is 7.36. The molecule has 0 bridgehead atoms. The monoisotopic (exact) mass is 311 g/mol. The summed E-state index contributed by atoms with van der Waals surface area (Å²) in [7, 11) is 1.75. The number of ether oxygens (including phenoxy) is 1. The summed E-state index contributed by atoms with van der Waals surface area (Å²) in [5.74, 6) is 2.44. The van der Waals surface area contributed by atoms with Crippen LogP contribution >= 0.6 is 0 Å². The first-order valence-electron chi connectivity index (χ1n) is 8.85. The van der Waals surface area contributed by atoms with Crippen LogP contribution in [-0.4, -0.2) is 18.6 Å². The first-order valence-corrected chi connectivity index (χ1v) is 8.85. The summed E-state index contributed by atoms with van der Waals surface area (Å²) >= 11 is 0. The molecule has 3 N–H and O–H groups in total. The molecule has 3 atom stereocenters. The summed E-state index contributed by atoms with van der Waals surface area (Å²) in [4.78, 5) is 3.74. The van der Waals surface area contributed by atoms with Gasteiger partial charge in [-0.25, -0.2) is 0 Å². The van der Waals surface area contributed by atoms with E-state index in [-0.39, 0.29) is 0 Å². The molecule has 23 heavy (non-hydrogen) atoms. The third-order valence-electron chi connectivity index (χ3n) is 5.87. The highest BCUT2D eigenvalue weighted by Gasteiger charge is 2.37. The van der Waals surface area contributed by atoms with Crippen LogP contribution in [0.2, 0.25) is 0 Å². The zero-order chi connectivity index (χ0) is 16.0. The number of nitrogens with one attached hydrogen (secondary N) is 1. The smallest absolute Gasteiger partial charge is 0.130 e. The van der Waals surface area contributed by atoms with Crippen molar-refractivity contribution in [3.8, 4) is 5.75 Å². The SMILES string of the molecule is COc1ccc2[nH]c3c(c2c1)CC[NH2+][C@@H]3[C@@H]1CC=C(C)C[C@@H]1C. The lowest BCUT2D eigenvalue weighted by Gasteiger charge is -2.34. The highest BCUT2D eigenvalue weighted by atomic mass is 16.5. The molecule has 1 aliphatic heterocycles. The molecule has 2 aliphatic rings.